The van der Waals surface area contributed by atoms with Gasteiger partial charge in [-0.05, 0) is 30.9 Å². The van der Waals surface area contributed by atoms with Gasteiger partial charge in [0.1, 0.15) is 17.4 Å². The third-order valence-corrected chi connectivity index (χ3v) is 7.78. The Balaban J connectivity index is 1.47. The fraction of sp³-hybridized carbons (Fsp3) is 0.409. The standard InChI is InChI=1S/C22H22FN3O3S/c1-24-12-17(27)25(2)20-18(19(24)28)13-7-10-26(11-16(13)30-20)21(29)22(8-9-22)14-5-3-4-6-15(14)23/h3-6H,7-12H2,1-2H3. The minimum absolute atomic E-state index is 0.0466. The lowest BCUT2D eigenvalue weighted by Crippen LogP contribution is -2.42. The zero-order chi connectivity index (χ0) is 21.2. The molecule has 0 radical (unpaired) electrons. The summed E-state index contributed by atoms with van der Waals surface area (Å²) >= 11 is 1.41. The second kappa shape index (κ2) is 6.63. The summed E-state index contributed by atoms with van der Waals surface area (Å²) in [7, 11) is 3.33. The number of likely N-dealkylation sites (N-methyl/N-ethyl adjacent to an activating group) is 2. The Bertz CT molecular complexity index is 1090. The van der Waals surface area contributed by atoms with Gasteiger partial charge < -0.3 is 14.7 Å². The van der Waals surface area contributed by atoms with Gasteiger partial charge >= 0.3 is 0 Å². The van der Waals surface area contributed by atoms with E-state index in [9.17, 15) is 18.8 Å². The number of anilines is 1. The van der Waals surface area contributed by atoms with Crippen molar-refractivity contribution in [2.45, 2.75) is 31.2 Å². The maximum absolute atomic E-state index is 14.4. The summed E-state index contributed by atoms with van der Waals surface area (Å²) in [6, 6.07) is 6.52. The van der Waals surface area contributed by atoms with Crippen LogP contribution in [0, 0.1) is 5.82 Å². The fourth-order valence-electron chi connectivity index (χ4n) is 4.58. The quantitative estimate of drug-likeness (QED) is 0.740. The number of carbonyl (C=O) groups is 3. The van der Waals surface area contributed by atoms with E-state index in [0.717, 1.165) is 10.4 Å². The number of carbonyl (C=O) groups excluding carboxylic acids is 3. The first-order valence-corrected chi connectivity index (χ1v) is 10.9. The molecule has 2 aliphatic heterocycles. The summed E-state index contributed by atoms with van der Waals surface area (Å²) < 4.78 is 14.4. The highest BCUT2D eigenvalue weighted by molar-refractivity contribution is 7.17. The van der Waals surface area contributed by atoms with Gasteiger partial charge in [-0.2, -0.15) is 0 Å². The van der Waals surface area contributed by atoms with E-state index in [1.807, 2.05) is 0 Å². The number of fused-ring (bicyclic) bond motifs is 3. The summed E-state index contributed by atoms with van der Waals surface area (Å²) in [4.78, 5) is 44.4. The molecule has 5 rings (SSSR count). The summed E-state index contributed by atoms with van der Waals surface area (Å²) in [5, 5.41) is 0.656. The molecule has 0 N–H and O–H groups in total. The molecule has 1 aliphatic carbocycles. The predicted octanol–water partition coefficient (Wildman–Crippen LogP) is 2.55. The number of hydrogen-bond acceptors (Lipinski definition) is 4. The Labute approximate surface area is 177 Å². The van der Waals surface area contributed by atoms with Crippen LogP contribution < -0.4 is 4.90 Å². The fourth-order valence-corrected chi connectivity index (χ4v) is 5.91. The van der Waals surface area contributed by atoms with E-state index in [1.54, 1.807) is 42.1 Å². The lowest BCUT2D eigenvalue weighted by molar-refractivity contribution is -0.135. The van der Waals surface area contributed by atoms with Gasteiger partial charge in [-0.15, -0.1) is 11.3 Å². The van der Waals surface area contributed by atoms with Crippen LogP contribution in [0.1, 0.15) is 39.2 Å². The van der Waals surface area contributed by atoms with Gasteiger partial charge in [-0.1, -0.05) is 18.2 Å². The van der Waals surface area contributed by atoms with Crippen LogP contribution in [0.25, 0.3) is 0 Å². The number of hydrogen-bond donors (Lipinski definition) is 0. The zero-order valence-electron chi connectivity index (χ0n) is 16.9. The molecule has 30 heavy (non-hydrogen) atoms. The molecule has 1 aromatic heterocycles. The molecule has 3 amide bonds. The van der Waals surface area contributed by atoms with Crippen molar-refractivity contribution in [2.75, 3.05) is 32.1 Å². The van der Waals surface area contributed by atoms with Crippen molar-refractivity contribution in [3.8, 4) is 0 Å². The highest BCUT2D eigenvalue weighted by Gasteiger charge is 2.54. The smallest absolute Gasteiger partial charge is 0.257 e. The molecule has 2 aromatic rings. The predicted molar refractivity (Wildman–Crippen MR) is 111 cm³/mol. The summed E-state index contributed by atoms with van der Waals surface area (Å²) in [5.41, 5.74) is 1.24. The maximum atomic E-state index is 14.4. The van der Waals surface area contributed by atoms with Gasteiger partial charge in [0.05, 0.1) is 17.5 Å². The van der Waals surface area contributed by atoms with Gasteiger partial charge in [-0.3, -0.25) is 14.4 Å². The van der Waals surface area contributed by atoms with E-state index >= 15 is 0 Å². The second-order valence-corrected chi connectivity index (χ2v) is 9.42. The molecule has 0 atom stereocenters. The van der Waals surface area contributed by atoms with E-state index in [-0.39, 0.29) is 30.1 Å². The van der Waals surface area contributed by atoms with Gasteiger partial charge in [0.25, 0.3) is 5.91 Å². The van der Waals surface area contributed by atoms with Gasteiger partial charge in [-0.25, -0.2) is 4.39 Å². The third-order valence-electron chi connectivity index (χ3n) is 6.49. The lowest BCUT2D eigenvalue weighted by Gasteiger charge is -2.31. The summed E-state index contributed by atoms with van der Waals surface area (Å²) in [6.45, 7) is 0.933. The number of benzene rings is 1. The summed E-state index contributed by atoms with van der Waals surface area (Å²) in [5.74, 6) is -0.662. The van der Waals surface area contributed by atoms with E-state index in [2.05, 4.69) is 0 Å². The molecule has 0 bridgehead atoms. The minimum Gasteiger partial charge on any atom is -0.336 e. The van der Waals surface area contributed by atoms with Crippen molar-refractivity contribution in [1.29, 1.82) is 0 Å². The number of rotatable bonds is 2. The normalized spacial score (nSPS) is 20.0. The molecule has 1 saturated carbocycles. The minimum atomic E-state index is -0.764. The first-order valence-electron chi connectivity index (χ1n) is 10.0. The lowest BCUT2D eigenvalue weighted by atomic mass is 9.92. The molecule has 0 unspecified atom stereocenters. The highest BCUT2D eigenvalue weighted by atomic mass is 32.1. The van der Waals surface area contributed by atoms with Gasteiger partial charge in [0, 0.05) is 31.1 Å². The van der Waals surface area contributed by atoms with Crippen LogP contribution in [0.5, 0.6) is 0 Å². The van der Waals surface area contributed by atoms with Gasteiger partial charge in [0.2, 0.25) is 11.8 Å². The Morgan fingerprint density at radius 2 is 1.87 bits per heavy atom. The number of amides is 3. The molecular formula is C22H22FN3O3S. The molecule has 1 fully saturated rings. The van der Waals surface area contributed by atoms with E-state index in [0.29, 0.717) is 48.5 Å². The van der Waals surface area contributed by atoms with Crippen LogP contribution in [0.4, 0.5) is 9.39 Å². The Morgan fingerprint density at radius 1 is 1.13 bits per heavy atom. The molecular weight excluding hydrogens is 405 g/mol. The van der Waals surface area contributed by atoms with Crippen LogP contribution in [0.3, 0.4) is 0 Å². The van der Waals surface area contributed by atoms with Crippen LogP contribution in [-0.2, 0) is 28.0 Å². The van der Waals surface area contributed by atoms with Crippen molar-refractivity contribution >= 4 is 34.1 Å². The number of halogens is 1. The number of nitrogens with zero attached hydrogens (tertiary/aromatic N) is 3. The average Bonchev–Trinajstić information content (AvgIpc) is 3.46. The Morgan fingerprint density at radius 3 is 2.57 bits per heavy atom. The first kappa shape index (κ1) is 19.2. The van der Waals surface area contributed by atoms with E-state index < -0.39 is 5.41 Å². The molecule has 8 heteroatoms. The average molecular weight is 428 g/mol. The van der Waals surface area contributed by atoms with Crippen molar-refractivity contribution in [3.05, 3.63) is 51.7 Å². The zero-order valence-corrected chi connectivity index (χ0v) is 17.7. The molecule has 0 saturated heterocycles. The van der Waals surface area contributed by atoms with E-state index in [1.165, 1.54) is 22.3 Å². The molecule has 0 spiro atoms. The van der Waals surface area contributed by atoms with Crippen molar-refractivity contribution < 1.29 is 18.8 Å². The molecule has 1 aromatic carbocycles. The van der Waals surface area contributed by atoms with Crippen LogP contribution in [0.15, 0.2) is 24.3 Å². The molecule has 3 heterocycles. The van der Waals surface area contributed by atoms with Crippen LogP contribution >= 0.6 is 11.3 Å². The number of thiophene rings is 1. The largest absolute Gasteiger partial charge is 0.336 e. The van der Waals surface area contributed by atoms with E-state index in [4.69, 9.17) is 0 Å². The van der Waals surface area contributed by atoms with Gasteiger partial charge in [0.15, 0.2) is 0 Å². The van der Waals surface area contributed by atoms with Crippen molar-refractivity contribution in [3.63, 3.8) is 0 Å². The Kier molecular flexibility index (Phi) is 4.25. The summed E-state index contributed by atoms with van der Waals surface area (Å²) in [6.07, 6.45) is 1.86. The first-order chi connectivity index (χ1) is 14.3. The molecule has 6 nitrogen and oxygen atoms in total. The molecule has 156 valence electrons. The maximum Gasteiger partial charge on any atom is 0.257 e. The van der Waals surface area contributed by atoms with Crippen molar-refractivity contribution in [1.82, 2.24) is 9.80 Å². The monoisotopic (exact) mass is 427 g/mol. The molecule has 3 aliphatic rings. The van der Waals surface area contributed by atoms with Crippen LogP contribution in [-0.4, -0.2) is 54.7 Å². The topological polar surface area (TPSA) is 60.9 Å². The Hall–Kier alpha value is -2.74. The van der Waals surface area contributed by atoms with Crippen molar-refractivity contribution in [2.24, 2.45) is 0 Å². The van der Waals surface area contributed by atoms with Crippen LogP contribution in [0.2, 0.25) is 0 Å². The highest BCUT2D eigenvalue weighted by Crippen LogP contribution is 2.51. The SMILES string of the molecule is CN1CC(=O)N(C)c2sc3c(c2C1=O)CCN(C(=O)C1(c2ccccc2F)CC1)C3. The third kappa shape index (κ3) is 2.70. The second-order valence-electron chi connectivity index (χ2n) is 8.34.